The number of aliphatic carboxylic acids is 1. The lowest BCUT2D eigenvalue weighted by Gasteiger charge is -2.21. The highest BCUT2D eigenvalue weighted by molar-refractivity contribution is 5.78. The van der Waals surface area contributed by atoms with Crippen molar-refractivity contribution in [2.24, 2.45) is 0 Å². The van der Waals surface area contributed by atoms with Crippen molar-refractivity contribution in [3.8, 4) is 11.5 Å². The van der Waals surface area contributed by atoms with Crippen molar-refractivity contribution in [3.05, 3.63) is 17.7 Å². The van der Waals surface area contributed by atoms with Crippen molar-refractivity contribution in [2.45, 2.75) is 12.8 Å². The Balaban J connectivity index is 3.39. The summed E-state index contributed by atoms with van der Waals surface area (Å²) in [7, 11) is 6.86. The number of nitrogens with zero attached hydrogens (tertiary/aromatic N) is 1. The first kappa shape index (κ1) is 14.2. The van der Waals surface area contributed by atoms with Gasteiger partial charge in [-0.1, -0.05) is 0 Å². The number of methoxy groups -OCH3 is 2. The number of rotatable bonds is 5. The summed E-state index contributed by atoms with van der Waals surface area (Å²) in [6, 6.07) is 3.50. The summed E-state index contributed by atoms with van der Waals surface area (Å²) in [6.45, 7) is 1.62. The zero-order chi connectivity index (χ0) is 13.9. The number of benzene rings is 1. The Kier molecular flexibility index (Phi) is 4.42. The third-order valence-electron chi connectivity index (χ3n) is 2.85. The van der Waals surface area contributed by atoms with E-state index in [1.807, 2.05) is 19.0 Å². The lowest BCUT2D eigenvalue weighted by atomic mass is 9.99. The fourth-order valence-electron chi connectivity index (χ4n) is 1.73. The molecule has 0 aliphatic heterocycles. The van der Waals surface area contributed by atoms with Crippen LogP contribution in [0.2, 0.25) is 0 Å². The van der Waals surface area contributed by atoms with E-state index in [1.54, 1.807) is 26.2 Å². The first-order chi connectivity index (χ1) is 8.42. The van der Waals surface area contributed by atoms with Gasteiger partial charge in [-0.15, -0.1) is 0 Å². The summed E-state index contributed by atoms with van der Waals surface area (Å²) in [6.07, 6.45) is 0. The molecule has 1 aromatic carbocycles. The molecule has 1 aromatic rings. The quantitative estimate of drug-likeness (QED) is 0.869. The molecule has 0 saturated heterocycles. The van der Waals surface area contributed by atoms with Gasteiger partial charge in [-0.2, -0.15) is 0 Å². The van der Waals surface area contributed by atoms with Gasteiger partial charge in [0.15, 0.2) is 0 Å². The molecule has 0 spiro atoms. The third-order valence-corrected chi connectivity index (χ3v) is 2.85. The van der Waals surface area contributed by atoms with Gasteiger partial charge in [0.2, 0.25) is 0 Å². The number of carboxylic acids is 1. The Morgan fingerprint density at radius 3 is 2.17 bits per heavy atom. The molecule has 0 heterocycles. The highest BCUT2D eigenvalue weighted by Crippen LogP contribution is 2.37. The second kappa shape index (κ2) is 5.62. The van der Waals surface area contributed by atoms with Crippen LogP contribution >= 0.6 is 0 Å². The minimum Gasteiger partial charge on any atom is -0.496 e. The molecule has 1 N–H and O–H groups in total. The second-order valence-corrected chi connectivity index (χ2v) is 4.22. The highest BCUT2D eigenvalue weighted by Gasteiger charge is 2.21. The maximum absolute atomic E-state index is 11.1. The Hall–Kier alpha value is -1.91. The summed E-state index contributed by atoms with van der Waals surface area (Å²) in [5.74, 6) is -0.365. The van der Waals surface area contributed by atoms with Gasteiger partial charge in [-0.25, -0.2) is 0 Å². The van der Waals surface area contributed by atoms with Gasteiger partial charge < -0.3 is 19.5 Å². The number of ether oxygens (including phenoxy) is 2. The Bertz CT molecular complexity index is 443. The van der Waals surface area contributed by atoms with Crippen molar-refractivity contribution in [2.75, 3.05) is 33.2 Å². The van der Waals surface area contributed by atoms with Gasteiger partial charge in [-0.05, 0) is 13.0 Å². The average molecular weight is 253 g/mol. The molecule has 0 aliphatic rings. The molecule has 0 saturated carbocycles. The molecule has 1 rings (SSSR count). The topological polar surface area (TPSA) is 59.0 Å². The van der Waals surface area contributed by atoms with Gasteiger partial charge >= 0.3 is 5.97 Å². The van der Waals surface area contributed by atoms with Crippen LogP contribution in [0.3, 0.4) is 0 Å². The number of carbonyl (C=O) groups is 1. The third kappa shape index (κ3) is 2.67. The molecule has 0 amide bonds. The average Bonchev–Trinajstić information content (AvgIpc) is 2.35. The van der Waals surface area contributed by atoms with Crippen molar-refractivity contribution in [1.29, 1.82) is 0 Å². The van der Waals surface area contributed by atoms with Gasteiger partial charge in [0, 0.05) is 25.7 Å². The molecular weight excluding hydrogens is 234 g/mol. The minimum atomic E-state index is -0.895. The number of carboxylic acid groups (broad SMARTS) is 1. The smallest absolute Gasteiger partial charge is 0.310 e. The van der Waals surface area contributed by atoms with Crippen molar-refractivity contribution >= 4 is 11.7 Å². The molecule has 100 valence electrons. The number of anilines is 1. The molecule has 0 radical (unpaired) electrons. The fourth-order valence-corrected chi connectivity index (χ4v) is 1.73. The summed E-state index contributed by atoms with van der Waals surface area (Å²) in [4.78, 5) is 13.0. The summed E-state index contributed by atoms with van der Waals surface area (Å²) >= 11 is 0. The Labute approximate surface area is 107 Å². The molecule has 5 nitrogen and oxygen atoms in total. The molecule has 0 bridgehead atoms. The minimum absolute atomic E-state index is 0.550. The Morgan fingerprint density at radius 1 is 1.22 bits per heavy atom. The normalized spacial score (nSPS) is 11.8. The van der Waals surface area contributed by atoms with E-state index in [2.05, 4.69) is 0 Å². The van der Waals surface area contributed by atoms with Crippen LogP contribution < -0.4 is 14.4 Å². The maximum atomic E-state index is 11.1. The van der Waals surface area contributed by atoms with Gasteiger partial charge in [0.05, 0.1) is 25.8 Å². The van der Waals surface area contributed by atoms with E-state index in [-0.39, 0.29) is 0 Å². The van der Waals surface area contributed by atoms with E-state index in [9.17, 15) is 4.79 Å². The molecular formula is C13H19NO4. The van der Waals surface area contributed by atoms with E-state index in [0.29, 0.717) is 17.1 Å². The first-order valence-corrected chi connectivity index (χ1v) is 5.58. The van der Waals surface area contributed by atoms with Crippen LogP contribution in [0.5, 0.6) is 11.5 Å². The summed E-state index contributed by atoms with van der Waals surface area (Å²) in [5, 5.41) is 9.09. The van der Waals surface area contributed by atoms with Crippen LogP contribution in [0.25, 0.3) is 0 Å². The number of hydrogen-bond donors (Lipinski definition) is 1. The Morgan fingerprint density at radius 2 is 1.78 bits per heavy atom. The predicted octanol–water partition coefficient (Wildman–Crippen LogP) is 1.96. The zero-order valence-corrected chi connectivity index (χ0v) is 11.4. The maximum Gasteiger partial charge on any atom is 0.310 e. The molecule has 1 atom stereocenters. The van der Waals surface area contributed by atoms with Crippen LogP contribution in [0, 0.1) is 0 Å². The van der Waals surface area contributed by atoms with Crippen molar-refractivity contribution < 1.29 is 19.4 Å². The summed E-state index contributed by atoms with van der Waals surface area (Å²) < 4.78 is 10.5. The zero-order valence-electron chi connectivity index (χ0n) is 11.4. The number of hydrogen-bond acceptors (Lipinski definition) is 4. The lowest BCUT2D eigenvalue weighted by molar-refractivity contribution is -0.138. The van der Waals surface area contributed by atoms with Gasteiger partial charge in [0.25, 0.3) is 0 Å². The van der Waals surface area contributed by atoms with Gasteiger partial charge in [0.1, 0.15) is 11.5 Å². The van der Waals surface area contributed by atoms with E-state index in [0.717, 1.165) is 5.69 Å². The molecule has 5 heteroatoms. The molecule has 0 aliphatic carbocycles. The van der Waals surface area contributed by atoms with Gasteiger partial charge in [-0.3, -0.25) is 4.79 Å². The highest BCUT2D eigenvalue weighted by atomic mass is 16.5. The van der Waals surface area contributed by atoms with Crippen molar-refractivity contribution in [1.82, 2.24) is 0 Å². The van der Waals surface area contributed by atoms with Crippen LogP contribution in [-0.2, 0) is 4.79 Å². The summed E-state index contributed by atoms with van der Waals surface area (Å²) in [5.41, 5.74) is 1.45. The van der Waals surface area contributed by atoms with Crippen molar-refractivity contribution in [3.63, 3.8) is 0 Å². The van der Waals surface area contributed by atoms with Crippen LogP contribution in [0.15, 0.2) is 12.1 Å². The van der Waals surface area contributed by atoms with Crippen LogP contribution in [0.4, 0.5) is 5.69 Å². The van der Waals surface area contributed by atoms with E-state index >= 15 is 0 Å². The molecule has 1 unspecified atom stereocenters. The SMILES string of the molecule is COc1cc(N(C)C)c(OC)cc1C(C)C(=O)O. The van der Waals surface area contributed by atoms with E-state index in [4.69, 9.17) is 14.6 Å². The van der Waals surface area contributed by atoms with E-state index < -0.39 is 11.9 Å². The second-order valence-electron chi connectivity index (χ2n) is 4.22. The van der Waals surface area contributed by atoms with E-state index in [1.165, 1.54) is 7.11 Å². The first-order valence-electron chi connectivity index (χ1n) is 5.58. The molecule has 18 heavy (non-hydrogen) atoms. The fraction of sp³-hybridized carbons (Fsp3) is 0.462. The monoisotopic (exact) mass is 253 g/mol. The standard InChI is InChI=1S/C13H19NO4/c1-8(13(15)16)9-6-12(18-5)10(14(2)3)7-11(9)17-4/h6-8H,1-5H3,(H,15,16). The van der Waals surface area contributed by atoms with Crippen LogP contribution in [-0.4, -0.2) is 39.4 Å². The van der Waals surface area contributed by atoms with Crippen LogP contribution in [0.1, 0.15) is 18.4 Å². The lowest BCUT2D eigenvalue weighted by Crippen LogP contribution is -2.13. The predicted molar refractivity (Wildman–Crippen MR) is 69.9 cm³/mol. The molecule has 0 fully saturated rings. The largest absolute Gasteiger partial charge is 0.496 e. The molecule has 0 aromatic heterocycles.